The molecule has 0 spiro atoms. The molecule has 0 aliphatic rings. The summed E-state index contributed by atoms with van der Waals surface area (Å²) in [6.07, 6.45) is -3.37. The smallest absolute Gasteiger partial charge is 0.359 e. The number of amides is 1. The molecule has 0 radical (unpaired) electrons. The van der Waals surface area contributed by atoms with Gasteiger partial charge in [0.25, 0.3) is 0 Å². The lowest BCUT2D eigenvalue weighted by Crippen LogP contribution is -2.38. The predicted octanol–water partition coefficient (Wildman–Crippen LogP) is 4.75. The lowest BCUT2D eigenvalue weighted by molar-refractivity contribution is -0.137. The van der Waals surface area contributed by atoms with Crippen molar-refractivity contribution in [3.8, 4) is 0 Å². The molecule has 1 heterocycles. The molecule has 0 aliphatic carbocycles. The van der Waals surface area contributed by atoms with Crippen molar-refractivity contribution in [2.45, 2.75) is 38.0 Å². The molecule has 0 bridgehead atoms. The number of halogens is 3. The molecule has 0 aliphatic heterocycles. The van der Waals surface area contributed by atoms with E-state index >= 15 is 0 Å². The summed E-state index contributed by atoms with van der Waals surface area (Å²) in [6, 6.07) is 15.2. The highest BCUT2D eigenvalue weighted by Gasteiger charge is 2.30. The Morgan fingerprint density at radius 1 is 1.10 bits per heavy atom. The van der Waals surface area contributed by atoms with Crippen LogP contribution in [-0.2, 0) is 17.4 Å². The normalized spacial score (nSPS) is 13.6. The summed E-state index contributed by atoms with van der Waals surface area (Å²) in [5, 5.41) is 9.93. The molecule has 3 rings (SSSR count). The first-order valence-electron chi connectivity index (χ1n) is 9.90. The van der Waals surface area contributed by atoms with Crippen LogP contribution >= 0.6 is 0 Å². The molecule has 5 nitrogen and oxygen atoms in total. The molecule has 0 saturated heterocycles. The average molecular weight is 431 g/mol. The highest BCUT2D eigenvalue weighted by atomic mass is 19.4. The van der Waals surface area contributed by atoms with Gasteiger partial charge in [-0.05, 0) is 43.0 Å². The van der Waals surface area contributed by atoms with Gasteiger partial charge < -0.3 is 9.84 Å². The standard InChI is InChI=1S/C23H24F3N3O2/c1-15-14-20(31-29-15)19(13-10-16-8-11-18(12-9-16)23(24,25)26)28-21(22(30)27-2)17-6-4-3-5-7-17/h3-9,11-12,14,19,21,28H,10,13H2,1-2H3,(H,27,30)/t19-,21?/m1/s1. The van der Waals surface area contributed by atoms with Crippen LogP contribution in [-0.4, -0.2) is 18.1 Å². The Bertz CT molecular complexity index is 985. The summed E-state index contributed by atoms with van der Waals surface area (Å²) < 4.78 is 43.8. The Labute approximate surface area is 178 Å². The number of aromatic nitrogens is 1. The first-order chi connectivity index (χ1) is 14.8. The van der Waals surface area contributed by atoms with E-state index in [4.69, 9.17) is 4.52 Å². The van der Waals surface area contributed by atoms with Crippen molar-refractivity contribution in [3.63, 3.8) is 0 Å². The van der Waals surface area contributed by atoms with Crippen LogP contribution in [0.4, 0.5) is 13.2 Å². The fourth-order valence-electron chi connectivity index (χ4n) is 3.34. The first kappa shape index (κ1) is 22.6. The van der Waals surface area contributed by atoms with Crippen LogP contribution < -0.4 is 10.6 Å². The van der Waals surface area contributed by atoms with E-state index in [1.165, 1.54) is 12.1 Å². The number of hydrogen-bond donors (Lipinski definition) is 2. The van der Waals surface area contributed by atoms with E-state index in [1.54, 1.807) is 20.0 Å². The van der Waals surface area contributed by atoms with Crippen molar-refractivity contribution < 1.29 is 22.5 Å². The van der Waals surface area contributed by atoms with Gasteiger partial charge in [0.05, 0.1) is 17.3 Å². The van der Waals surface area contributed by atoms with E-state index in [0.29, 0.717) is 24.3 Å². The third-order valence-corrected chi connectivity index (χ3v) is 5.00. The number of aryl methyl sites for hydroxylation is 2. The maximum Gasteiger partial charge on any atom is 0.416 e. The number of alkyl halides is 3. The molecule has 164 valence electrons. The summed E-state index contributed by atoms with van der Waals surface area (Å²) >= 11 is 0. The molecule has 1 unspecified atom stereocenters. The van der Waals surface area contributed by atoms with Crippen LogP contribution in [0.15, 0.2) is 65.2 Å². The second-order valence-electron chi connectivity index (χ2n) is 7.28. The van der Waals surface area contributed by atoms with Crippen LogP contribution in [0.2, 0.25) is 0 Å². The number of carbonyl (C=O) groups is 1. The van der Waals surface area contributed by atoms with Gasteiger partial charge in [0.1, 0.15) is 6.04 Å². The van der Waals surface area contributed by atoms with Crippen LogP contribution in [0, 0.1) is 6.92 Å². The molecule has 2 aromatic carbocycles. The topological polar surface area (TPSA) is 67.2 Å². The Hall–Kier alpha value is -3.13. The average Bonchev–Trinajstić information content (AvgIpc) is 3.20. The predicted molar refractivity (Wildman–Crippen MR) is 110 cm³/mol. The van der Waals surface area contributed by atoms with Crippen molar-refractivity contribution in [2.24, 2.45) is 0 Å². The van der Waals surface area contributed by atoms with Gasteiger partial charge in [-0.1, -0.05) is 47.6 Å². The van der Waals surface area contributed by atoms with Crippen LogP contribution in [0.5, 0.6) is 0 Å². The summed E-state index contributed by atoms with van der Waals surface area (Å²) in [7, 11) is 1.57. The number of benzene rings is 2. The van der Waals surface area contributed by atoms with Crippen LogP contribution in [0.25, 0.3) is 0 Å². The van der Waals surface area contributed by atoms with Gasteiger partial charge in [-0.25, -0.2) is 0 Å². The minimum absolute atomic E-state index is 0.207. The highest BCUT2D eigenvalue weighted by Crippen LogP contribution is 2.30. The summed E-state index contributed by atoms with van der Waals surface area (Å²) in [5.74, 6) is 0.358. The number of nitrogens with zero attached hydrogens (tertiary/aromatic N) is 1. The van der Waals surface area contributed by atoms with Crippen molar-refractivity contribution in [1.82, 2.24) is 15.8 Å². The largest absolute Gasteiger partial charge is 0.416 e. The molecule has 3 aromatic rings. The molecular formula is C23H24F3N3O2. The van der Waals surface area contributed by atoms with Gasteiger partial charge in [-0.2, -0.15) is 13.2 Å². The zero-order chi connectivity index (χ0) is 22.4. The van der Waals surface area contributed by atoms with Crippen molar-refractivity contribution >= 4 is 5.91 Å². The van der Waals surface area contributed by atoms with E-state index in [1.807, 2.05) is 30.3 Å². The molecule has 1 amide bonds. The molecule has 1 aromatic heterocycles. The van der Waals surface area contributed by atoms with Crippen molar-refractivity contribution in [1.29, 1.82) is 0 Å². The summed E-state index contributed by atoms with van der Waals surface area (Å²) in [4.78, 5) is 12.6. The first-order valence-corrected chi connectivity index (χ1v) is 9.90. The Morgan fingerprint density at radius 2 is 1.77 bits per heavy atom. The number of hydrogen-bond acceptors (Lipinski definition) is 4. The monoisotopic (exact) mass is 431 g/mol. The van der Waals surface area contributed by atoms with Gasteiger partial charge in [0.15, 0.2) is 5.76 Å². The lowest BCUT2D eigenvalue weighted by atomic mass is 9.99. The molecule has 0 saturated carbocycles. The van der Waals surface area contributed by atoms with E-state index in [-0.39, 0.29) is 11.9 Å². The Balaban J connectivity index is 1.80. The van der Waals surface area contributed by atoms with E-state index < -0.39 is 17.8 Å². The van der Waals surface area contributed by atoms with Crippen LogP contribution in [0.1, 0.15) is 46.6 Å². The van der Waals surface area contributed by atoms with Gasteiger partial charge in [-0.15, -0.1) is 0 Å². The van der Waals surface area contributed by atoms with Gasteiger partial charge >= 0.3 is 6.18 Å². The minimum Gasteiger partial charge on any atom is -0.359 e. The van der Waals surface area contributed by atoms with E-state index in [2.05, 4.69) is 15.8 Å². The highest BCUT2D eigenvalue weighted by molar-refractivity contribution is 5.82. The molecule has 0 fully saturated rings. The van der Waals surface area contributed by atoms with Crippen LogP contribution in [0.3, 0.4) is 0 Å². The quantitative estimate of drug-likeness (QED) is 0.540. The maximum absolute atomic E-state index is 12.8. The molecule has 2 N–H and O–H groups in total. The summed E-state index contributed by atoms with van der Waals surface area (Å²) in [5.41, 5.74) is 1.57. The second-order valence-corrected chi connectivity index (χ2v) is 7.28. The Kier molecular flexibility index (Phi) is 7.12. The fourth-order valence-corrected chi connectivity index (χ4v) is 3.34. The fraction of sp³-hybridized carbons (Fsp3) is 0.304. The number of likely N-dealkylation sites (N-methyl/N-ethyl adjacent to an activating group) is 1. The number of nitrogens with one attached hydrogen (secondary N) is 2. The van der Waals surface area contributed by atoms with Gasteiger partial charge in [0, 0.05) is 13.1 Å². The molecule has 2 atom stereocenters. The Morgan fingerprint density at radius 3 is 2.32 bits per heavy atom. The van der Waals surface area contributed by atoms with E-state index in [9.17, 15) is 18.0 Å². The van der Waals surface area contributed by atoms with Crippen molar-refractivity contribution in [3.05, 3.63) is 88.8 Å². The molecular weight excluding hydrogens is 407 g/mol. The maximum atomic E-state index is 12.8. The third kappa shape index (κ3) is 5.95. The number of rotatable bonds is 8. The third-order valence-electron chi connectivity index (χ3n) is 5.00. The van der Waals surface area contributed by atoms with E-state index in [0.717, 1.165) is 23.3 Å². The molecule has 31 heavy (non-hydrogen) atoms. The lowest BCUT2D eigenvalue weighted by Gasteiger charge is -2.24. The summed E-state index contributed by atoms with van der Waals surface area (Å²) in [6.45, 7) is 1.80. The van der Waals surface area contributed by atoms with Gasteiger partial charge in [0.2, 0.25) is 5.91 Å². The molecule has 8 heteroatoms. The minimum atomic E-state index is -4.36. The van der Waals surface area contributed by atoms with Crippen molar-refractivity contribution in [2.75, 3.05) is 7.05 Å². The van der Waals surface area contributed by atoms with Gasteiger partial charge in [-0.3, -0.25) is 10.1 Å². The number of carbonyl (C=O) groups excluding carboxylic acids is 1. The zero-order valence-corrected chi connectivity index (χ0v) is 17.2. The zero-order valence-electron chi connectivity index (χ0n) is 17.2. The second kappa shape index (κ2) is 9.78. The SMILES string of the molecule is CNC(=O)C(N[C@H](CCc1ccc(C(F)(F)F)cc1)c1cc(C)no1)c1ccccc1.